The van der Waals surface area contributed by atoms with Crippen LogP contribution >= 0.6 is 0 Å². The van der Waals surface area contributed by atoms with E-state index in [0.29, 0.717) is 11.6 Å². The maximum Gasteiger partial charge on any atom is 0.420 e. The Bertz CT molecular complexity index is 621. The van der Waals surface area contributed by atoms with Crippen molar-refractivity contribution in [1.82, 2.24) is 10.2 Å². The minimum Gasteiger partial charge on any atom is -0.410 e. The van der Waals surface area contributed by atoms with E-state index in [-0.39, 0.29) is 6.08 Å². The molecular formula is C14H10N2O2. The molecule has 0 fully saturated rings. The Balaban J connectivity index is 1.82. The van der Waals surface area contributed by atoms with Crippen LogP contribution in [0.1, 0.15) is 0 Å². The Morgan fingerprint density at radius 3 is 2.17 bits per heavy atom. The van der Waals surface area contributed by atoms with Gasteiger partial charge in [0.25, 0.3) is 5.89 Å². The fraction of sp³-hybridized carbons (Fsp3) is 0. The summed E-state index contributed by atoms with van der Waals surface area (Å²) in [5, 5.41) is 7.79. The van der Waals surface area contributed by atoms with Gasteiger partial charge in [0.2, 0.25) is 0 Å². The lowest BCUT2D eigenvalue weighted by molar-refractivity contribution is 0.335. The molecule has 88 valence electrons. The first-order chi connectivity index (χ1) is 8.92. The lowest BCUT2D eigenvalue weighted by Gasteiger charge is -1.97. The lowest BCUT2D eigenvalue weighted by atomic mass is 10.2. The van der Waals surface area contributed by atoms with Crippen LogP contribution in [0.3, 0.4) is 0 Å². The minimum absolute atomic E-state index is 0.139. The van der Waals surface area contributed by atoms with E-state index >= 15 is 0 Å². The van der Waals surface area contributed by atoms with Gasteiger partial charge in [-0.1, -0.05) is 41.5 Å². The molecule has 18 heavy (non-hydrogen) atoms. The minimum atomic E-state index is 0.139. The molecule has 0 saturated carbocycles. The van der Waals surface area contributed by atoms with Crippen molar-refractivity contribution in [1.29, 1.82) is 0 Å². The predicted molar refractivity (Wildman–Crippen MR) is 66.3 cm³/mol. The molecule has 0 radical (unpaired) electrons. The zero-order chi connectivity index (χ0) is 12.2. The van der Waals surface area contributed by atoms with Crippen LogP contribution in [0.25, 0.3) is 11.5 Å². The largest absolute Gasteiger partial charge is 0.420 e. The first-order valence-corrected chi connectivity index (χ1v) is 5.54. The van der Waals surface area contributed by atoms with E-state index < -0.39 is 0 Å². The standard InChI is InChI=1S/C14H10N2O2/c1-3-7-11(8-4-1)13-15-16-14(18-13)17-12-9-5-2-6-10-12/h1-10H. The molecule has 0 N–H and O–H groups in total. The number of para-hydroxylation sites is 1. The van der Waals surface area contributed by atoms with E-state index in [2.05, 4.69) is 10.2 Å². The van der Waals surface area contributed by atoms with E-state index in [1.807, 2.05) is 60.7 Å². The number of benzene rings is 2. The quantitative estimate of drug-likeness (QED) is 0.700. The van der Waals surface area contributed by atoms with Crippen LogP contribution in [0, 0.1) is 0 Å². The molecule has 3 rings (SSSR count). The fourth-order valence-corrected chi connectivity index (χ4v) is 1.54. The average Bonchev–Trinajstić information content (AvgIpc) is 2.89. The fourth-order valence-electron chi connectivity index (χ4n) is 1.54. The topological polar surface area (TPSA) is 48.2 Å². The van der Waals surface area contributed by atoms with Crippen molar-refractivity contribution in [3.05, 3.63) is 60.7 Å². The summed E-state index contributed by atoms with van der Waals surface area (Å²) in [6.07, 6.45) is 0.139. The van der Waals surface area contributed by atoms with E-state index in [1.165, 1.54) is 0 Å². The molecule has 4 nitrogen and oxygen atoms in total. The van der Waals surface area contributed by atoms with Crippen LogP contribution in [0.2, 0.25) is 0 Å². The van der Waals surface area contributed by atoms with Crippen molar-refractivity contribution in [3.63, 3.8) is 0 Å². The van der Waals surface area contributed by atoms with Gasteiger partial charge in [-0.2, -0.15) is 0 Å². The molecule has 0 spiro atoms. The molecule has 0 amide bonds. The smallest absolute Gasteiger partial charge is 0.410 e. The highest BCUT2D eigenvalue weighted by atomic mass is 16.6. The van der Waals surface area contributed by atoms with E-state index in [0.717, 1.165) is 5.56 Å². The summed E-state index contributed by atoms with van der Waals surface area (Å²) >= 11 is 0. The molecule has 1 heterocycles. The van der Waals surface area contributed by atoms with Crippen molar-refractivity contribution in [2.45, 2.75) is 0 Å². The van der Waals surface area contributed by atoms with Gasteiger partial charge in [0.1, 0.15) is 5.75 Å². The molecule has 3 aromatic rings. The second kappa shape index (κ2) is 4.71. The highest BCUT2D eigenvalue weighted by Crippen LogP contribution is 2.24. The second-order valence-electron chi connectivity index (χ2n) is 3.65. The zero-order valence-corrected chi connectivity index (χ0v) is 9.48. The van der Waals surface area contributed by atoms with Gasteiger partial charge in [0, 0.05) is 5.56 Å². The Hall–Kier alpha value is -2.62. The van der Waals surface area contributed by atoms with Crippen molar-refractivity contribution in [3.8, 4) is 23.3 Å². The Morgan fingerprint density at radius 2 is 1.44 bits per heavy atom. The summed E-state index contributed by atoms with van der Waals surface area (Å²) in [6.45, 7) is 0. The molecule has 0 aliphatic rings. The summed E-state index contributed by atoms with van der Waals surface area (Å²) in [6, 6.07) is 18.9. The molecular weight excluding hydrogens is 228 g/mol. The number of nitrogens with zero attached hydrogens (tertiary/aromatic N) is 2. The highest BCUT2D eigenvalue weighted by Gasteiger charge is 2.09. The van der Waals surface area contributed by atoms with E-state index in [1.54, 1.807) is 0 Å². The number of rotatable bonds is 3. The lowest BCUT2D eigenvalue weighted by Crippen LogP contribution is -1.82. The van der Waals surface area contributed by atoms with E-state index in [4.69, 9.17) is 9.15 Å². The maximum atomic E-state index is 5.44. The third-order valence-corrected chi connectivity index (χ3v) is 2.38. The van der Waals surface area contributed by atoms with Crippen molar-refractivity contribution < 1.29 is 9.15 Å². The third kappa shape index (κ3) is 2.22. The van der Waals surface area contributed by atoms with Crippen LogP contribution in [0.4, 0.5) is 0 Å². The number of aromatic nitrogens is 2. The maximum absolute atomic E-state index is 5.44. The second-order valence-corrected chi connectivity index (χ2v) is 3.65. The van der Waals surface area contributed by atoms with Crippen molar-refractivity contribution in [2.75, 3.05) is 0 Å². The predicted octanol–water partition coefficient (Wildman–Crippen LogP) is 3.53. The summed E-state index contributed by atoms with van der Waals surface area (Å²) in [7, 11) is 0. The SMILES string of the molecule is c1ccc(Oc2nnc(-c3ccccc3)o2)cc1. The molecule has 0 unspecified atom stereocenters. The van der Waals surface area contributed by atoms with Crippen LogP contribution in [-0.2, 0) is 0 Å². The first-order valence-electron chi connectivity index (χ1n) is 5.54. The van der Waals surface area contributed by atoms with Gasteiger partial charge in [-0.15, -0.1) is 5.10 Å². The third-order valence-electron chi connectivity index (χ3n) is 2.38. The summed E-state index contributed by atoms with van der Waals surface area (Å²) in [4.78, 5) is 0. The van der Waals surface area contributed by atoms with Crippen molar-refractivity contribution in [2.24, 2.45) is 0 Å². The van der Waals surface area contributed by atoms with Crippen LogP contribution in [0.5, 0.6) is 11.8 Å². The van der Waals surface area contributed by atoms with Gasteiger partial charge in [-0.25, -0.2) is 0 Å². The molecule has 4 heteroatoms. The normalized spacial score (nSPS) is 10.2. The molecule has 1 aromatic heterocycles. The van der Waals surface area contributed by atoms with Crippen LogP contribution < -0.4 is 4.74 Å². The Kier molecular flexibility index (Phi) is 2.75. The Labute approximate surface area is 104 Å². The molecule has 0 atom stereocenters. The summed E-state index contributed by atoms with van der Waals surface area (Å²) in [5.41, 5.74) is 0.868. The highest BCUT2D eigenvalue weighted by molar-refractivity contribution is 5.51. The van der Waals surface area contributed by atoms with Gasteiger partial charge >= 0.3 is 6.08 Å². The first kappa shape index (κ1) is 10.5. The molecule has 0 aliphatic carbocycles. The van der Waals surface area contributed by atoms with Gasteiger partial charge in [-0.05, 0) is 24.3 Å². The molecule has 0 bridgehead atoms. The van der Waals surface area contributed by atoms with E-state index in [9.17, 15) is 0 Å². The van der Waals surface area contributed by atoms with Crippen molar-refractivity contribution >= 4 is 0 Å². The van der Waals surface area contributed by atoms with Gasteiger partial charge in [0.05, 0.1) is 0 Å². The summed E-state index contributed by atoms with van der Waals surface area (Å²) < 4.78 is 10.9. The number of hydrogen-bond acceptors (Lipinski definition) is 4. The average molecular weight is 238 g/mol. The van der Waals surface area contributed by atoms with Crippen LogP contribution in [0.15, 0.2) is 65.1 Å². The number of hydrogen-bond donors (Lipinski definition) is 0. The van der Waals surface area contributed by atoms with Gasteiger partial charge in [0.15, 0.2) is 0 Å². The zero-order valence-electron chi connectivity index (χ0n) is 9.48. The molecule has 0 saturated heterocycles. The molecule has 0 aliphatic heterocycles. The Morgan fingerprint density at radius 1 is 0.778 bits per heavy atom. The van der Waals surface area contributed by atoms with Gasteiger partial charge in [-0.3, -0.25) is 0 Å². The van der Waals surface area contributed by atoms with Crippen LogP contribution in [-0.4, -0.2) is 10.2 Å². The summed E-state index contributed by atoms with van der Waals surface area (Å²) in [5.74, 6) is 1.11. The number of ether oxygens (including phenoxy) is 1. The van der Waals surface area contributed by atoms with Gasteiger partial charge < -0.3 is 9.15 Å². The molecule has 2 aromatic carbocycles. The monoisotopic (exact) mass is 238 g/mol.